The number of fused-ring (bicyclic) bond motifs is 2. The molecular formula is C18H21N3O5. The van der Waals surface area contributed by atoms with Crippen LogP contribution >= 0.6 is 0 Å². The molecule has 8 nitrogen and oxygen atoms in total. The zero-order chi connectivity index (χ0) is 19.3. The monoisotopic (exact) mass is 359 g/mol. The molecule has 0 radical (unpaired) electrons. The van der Waals surface area contributed by atoms with Crippen LogP contribution in [0.5, 0.6) is 0 Å². The van der Waals surface area contributed by atoms with Crippen LogP contribution in [0.2, 0.25) is 0 Å². The quantitative estimate of drug-likeness (QED) is 0.384. The summed E-state index contributed by atoms with van der Waals surface area (Å²) >= 11 is 0. The third-order valence-electron chi connectivity index (χ3n) is 5.56. The van der Waals surface area contributed by atoms with E-state index in [1.165, 1.54) is 18.2 Å². The number of likely N-dealkylation sites (tertiary alicyclic amines) is 1. The number of amides is 1. The second-order valence-corrected chi connectivity index (χ2v) is 6.67. The lowest BCUT2D eigenvalue weighted by molar-refractivity contribution is -0.385. The fourth-order valence-corrected chi connectivity index (χ4v) is 4.35. The van der Waals surface area contributed by atoms with Crippen LogP contribution in [0.1, 0.15) is 26.3 Å². The minimum absolute atomic E-state index is 0.131. The predicted octanol–water partition coefficient (Wildman–Crippen LogP) is 2.20. The van der Waals surface area contributed by atoms with Crippen LogP contribution in [0.15, 0.2) is 29.8 Å². The molecule has 2 aliphatic rings. The number of nitrogens with one attached hydrogen (secondary N) is 1. The molecule has 8 heteroatoms. The number of allylic oxidation sites excluding steroid dienone is 1. The van der Waals surface area contributed by atoms with Gasteiger partial charge in [-0.25, -0.2) is 0 Å². The Bertz CT molecular complexity index is 849. The largest absolute Gasteiger partial charge is 0.465 e. The van der Waals surface area contributed by atoms with Crippen molar-refractivity contribution < 1.29 is 19.2 Å². The number of carbonyl (C=O) groups excluding carboxylic acids is 2. The van der Waals surface area contributed by atoms with E-state index in [9.17, 15) is 19.7 Å². The summed E-state index contributed by atoms with van der Waals surface area (Å²) in [6.45, 7) is 5.74. The van der Waals surface area contributed by atoms with E-state index in [0.29, 0.717) is 17.8 Å². The fraction of sp³-hybridized carbons (Fsp3) is 0.444. The highest BCUT2D eigenvalue weighted by molar-refractivity contribution is 6.11. The molecule has 2 heterocycles. The predicted molar refractivity (Wildman–Crippen MR) is 94.5 cm³/mol. The highest BCUT2D eigenvalue weighted by Crippen LogP contribution is 2.59. The smallest absolute Gasteiger partial charge is 0.318 e. The van der Waals surface area contributed by atoms with Crippen LogP contribution in [0.4, 0.5) is 11.4 Å². The molecule has 0 aliphatic carbocycles. The van der Waals surface area contributed by atoms with Gasteiger partial charge >= 0.3 is 5.97 Å². The van der Waals surface area contributed by atoms with Crippen molar-refractivity contribution in [2.45, 2.75) is 26.3 Å². The molecule has 0 unspecified atom stereocenters. The van der Waals surface area contributed by atoms with Crippen molar-refractivity contribution in [3.8, 4) is 0 Å². The summed E-state index contributed by atoms with van der Waals surface area (Å²) in [6, 6.07) is 4.22. The van der Waals surface area contributed by atoms with Crippen molar-refractivity contribution in [3.05, 3.63) is 45.5 Å². The average molecular weight is 359 g/mol. The van der Waals surface area contributed by atoms with E-state index >= 15 is 0 Å². The number of ether oxygens (including phenoxy) is 1. The second kappa shape index (κ2) is 5.91. The summed E-state index contributed by atoms with van der Waals surface area (Å²) in [5.74, 6) is -0.908. The Morgan fingerprint density at radius 3 is 2.77 bits per heavy atom. The van der Waals surface area contributed by atoms with Crippen molar-refractivity contribution in [1.82, 2.24) is 4.90 Å². The van der Waals surface area contributed by atoms with Crippen molar-refractivity contribution in [2.75, 3.05) is 25.5 Å². The zero-order valence-electron chi connectivity index (χ0n) is 15.2. The SMILES string of the molecule is C/C=C1/CN(C)[C@]2(C(=O)Nc3ccc([N+](=O)[O-])cc32)[C@@]1(C)C(=O)OCC. The number of carbonyl (C=O) groups is 2. The first kappa shape index (κ1) is 18.1. The second-order valence-electron chi connectivity index (χ2n) is 6.67. The van der Waals surface area contributed by atoms with E-state index in [1.807, 2.05) is 6.08 Å². The van der Waals surface area contributed by atoms with Gasteiger partial charge < -0.3 is 10.1 Å². The van der Waals surface area contributed by atoms with Gasteiger partial charge in [0.2, 0.25) is 0 Å². The van der Waals surface area contributed by atoms with E-state index in [2.05, 4.69) is 5.32 Å². The lowest BCUT2D eigenvalue weighted by atomic mass is 9.66. The van der Waals surface area contributed by atoms with Gasteiger partial charge in [0.05, 0.1) is 11.5 Å². The molecule has 1 saturated heterocycles. The van der Waals surface area contributed by atoms with E-state index in [1.54, 1.807) is 32.7 Å². The Labute approximate surface area is 151 Å². The number of anilines is 1. The molecule has 1 N–H and O–H groups in total. The maximum atomic E-state index is 13.2. The van der Waals surface area contributed by atoms with Gasteiger partial charge in [-0.2, -0.15) is 0 Å². The summed E-state index contributed by atoms with van der Waals surface area (Å²) < 4.78 is 5.32. The minimum atomic E-state index is -1.40. The van der Waals surface area contributed by atoms with Crippen molar-refractivity contribution >= 4 is 23.3 Å². The molecule has 1 aromatic rings. The summed E-state index contributed by atoms with van der Waals surface area (Å²) in [5, 5.41) is 14.1. The van der Waals surface area contributed by atoms with E-state index < -0.39 is 21.8 Å². The van der Waals surface area contributed by atoms with Crippen molar-refractivity contribution in [1.29, 1.82) is 0 Å². The number of benzene rings is 1. The van der Waals surface area contributed by atoms with Crippen LogP contribution in [-0.2, 0) is 19.9 Å². The molecule has 1 aromatic carbocycles. The third-order valence-corrected chi connectivity index (χ3v) is 5.56. The molecule has 0 bridgehead atoms. The third kappa shape index (κ3) is 1.99. The van der Waals surface area contributed by atoms with Gasteiger partial charge in [-0.05, 0) is 39.5 Å². The van der Waals surface area contributed by atoms with E-state index in [-0.39, 0.29) is 18.2 Å². The van der Waals surface area contributed by atoms with E-state index in [0.717, 1.165) is 5.57 Å². The molecule has 1 spiro atoms. The standard InChI is InChI=1S/C18H21N3O5/c1-5-11-10-20(4)18(17(11,3)16(23)26-6-2)13-9-12(21(24)25)7-8-14(13)19-15(18)22/h5,7-9H,6,10H2,1-4H3,(H,19,22)/b11-5-/t17-,18-/m1/s1. The van der Waals surface area contributed by atoms with Crippen LogP contribution in [0, 0.1) is 15.5 Å². The van der Waals surface area contributed by atoms with Gasteiger partial charge in [0, 0.05) is 29.9 Å². The Kier molecular flexibility index (Phi) is 4.11. The number of non-ortho nitro benzene ring substituents is 1. The Hall–Kier alpha value is -2.74. The zero-order valence-corrected chi connectivity index (χ0v) is 15.2. The Balaban J connectivity index is 2.34. The van der Waals surface area contributed by atoms with Gasteiger partial charge in [-0.3, -0.25) is 24.6 Å². The summed E-state index contributed by atoms with van der Waals surface area (Å²) in [7, 11) is 1.74. The van der Waals surface area contributed by atoms with Gasteiger partial charge in [0.1, 0.15) is 11.0 Å². The van der Waals surface area contributed by atoms with Crippen LogP contribution in [-0.4, -0.2) is 41.9 Å². The normalized spacial score (nSPS) is 29.1. The number of nitro groups is 1. The molecule has 1 amide bonds. The molecule has 0 aromatic heterocycles. The lowest BCUT2D eigenvalue weighted by Gasteiger charge is -2.40. The maximum absolute atomic E-state index is 13.2. The molecule has 1 fully saturated rings. The van der Waals surface area contributed by atoms with Crippen LogP contribution in [0.25, 0.3) is 0 Å². The number of esters is 1. The first-order valence-electron chi connectivity index (χ1n) is 8.39. The van der Waals surface area contributed by atoms with Gasteiger partial charge in [0.15, 0.2) is 0 Å². The molecular weight excluding hydrogens is 338 g/mol. The van der Waals surface area contributed by atoms with Crippen LogP contribution in [0.3, 0.4) is 0 Å². The van der Waals surface area contributed by atoms with E-state index in [4.69, 9.17) is 4.74 Å². The highest BCUT2D eigenvalue weighted by Gasteiger charge is 2.70. The molecule has 3 rings (SSSR count). The first-order chi connectivity index (χ1) is 12.2. The molecule has 0 saturated carbocycles. The van der Waals surface area contributed by atoms with Crippen molar-refractivity contribution in [2.24, 2.45) is 5.41 Å². The molecule has 2 aliphatic heterocycles. The van der Waals surface area contributed by atoms with Crippen molar-refractivity contribution in [3.63, 3.8) is 0 Å². The number of rotatable bonds is 3. The summed E-state index contributed by atoms with van der Waals surface area (Å²) in [4.78, 5) is 38.7. The maximum Gasteiger partial charge on any atom is 0.318 e. The molecule has 138 valence electrons. The number of nitro benzene ring substituents is 1. The molecule has 2 atom stereocenters. The average Bonchev–Trinajstić information content (AvgIpc) is 3.03. The van der Waals surface area contributed by atoms with Gasteiger partial charge in [-0.1, -0.05) is 6.08 Å². The van der Waals surface area contributed by atoms with Gasteiger partial charge in [-0.15, -0.1) is 0 Å². The minimum Gasteiger partial charge on any atom is -0.465 e. The fourth-order valence-electron chi connectivity index (χ4n) is 4.35. The molecule has 26 heavy (non-hydrogen) atoms. The number of hydrogen-bond donors (Lipinski definition) is 1. The number of hydrogen-bond acceptors (Lipinski definition) is 6. The summed E-state index contributed by atoms with van der Waals surface area (Å²) in [6.07, 6.45) is 1.81. The van der Waals surface area contributed by atoms with Crippen LogP contribution < -0.4 is 5.32 Å². The topological polar surface area (TPSA) is 102 Å². The van der Waals surface area contributed by atoms with Gasteiger partial charge in [0.25, 0.3) is 11.6 Å². The highest BCUT2D eigenvalue weighted by atomic mass is 16.6. The Morgan fingerprint density at radius 1 is 1.50 bits per heavy atom. The summed E-state index contributed by atoms with van der Waals surface area (Å²) in [5.41, 5.74) is -1.19. The number of likely N-dealkylation sites (N-methyl/N-ethyl adjacent to an activating group) is 1. The lowest BCUT2D eigenvalue weighted by Crippen LogP contribution is -2.57. The number of nitrogens with zero attached hydrogens (tertiary/aromatic N) is 2. The Morgan fingerprint density at radius 2 is 2.19 bits per heavy atom. The first-order valence-corrected chi connectivity index (χ1v) is 8.39.